The standard InChI is InChI=1S/C10H16N2O2/c1-6-11-7(9(13)14)8(12(6)5)10(2,3)4/h1-5H3,(H,13,14). The highest BCUT2D eigenvalue weighted by Crippen LogP contribution is 2.26. The summed E-state index contributed by atoms with van der Waals surface area (Å²) in [5.41, 5.74) is 0.726. The van der Waals surface area contributed by atoms with E-state index in [0.29, 0.717) is 0 Å². The molecular weight excluding hydrogens is 180 g/mol. The van der Waals surface area contributed by atoms with Gasteiger partial charge in [0, 0.05) is 12.5 Å². The summed E-state index contributed by atoms with van der Waals surface area (Å²) >= 11 is 0. The Morgan fingerprint density at radius 1 is 1.43 bits per heavy atom. The van der Waals surface area contributed by atoms with Gasteiger partial charge < -0.3 is 9.67 Å². The first-order valence-corrected chi connectivity index (χ1v) is 4.52. The van der Waals surface area contributed by atoms with Gasteiger partial charge in [0.05, 0.1) is 5.69 Å². The highest BCUT2D eigenvalue weighted by Gasteiger charge is 2.27. The summed E-state index contributed by atoms with van der Waals surface area (Å²) in [4.78, 5) is 15.0. The fraction of sp³-hybridized carbons (Fsp3) is 0.600. The van der Waals surface area contributed by atoms with Crippen molar-refractivity contribution in [1.82, 2.24) is 9.55 Å². The van der Waals surface area contributed by atoms with Gasteiger partial charge in [-0.25, -0.2) is 9.78 Å². The molecule has 0 saturated carbocycles. The number of hydrogen-bond acceptors (Lipinski definition) is 2. The topological polar surface area (TPSA) is 55.1 Å². The Morgan fingerprint density at radius 2 is 1.93 bits per heavy atom. The van der Waals surface area contributed by atoms with Gasteiger partial charge in [-0.05, 0) is 6.92 Å². The molecule has 0 aromatic carbocycles. The molecule has 14 heavy (non-hydrogen) atoms. The van der Waals surface area contributed by atoms with Crippen molar-refractivity contribution in [1.29, 1.82) is 0 Å². The van der Waals surface area contributed by atoms with Crippen molar-refractivity contribution in [3.8, 4) is 0 Å². The quantitative estimate of drug-likeness (QED) is 0.744. The maximum absolute atomic E-state index is 11.0. The molecule has 0 aliphatic heterocycles. The van der Waals surface area contributed by atoms with Gasteiger partial charge in [0.1, 0.15) is 5.82 Å². The van der Waals surface area contributed by atoms with Gasteiger partial charge in [0.2, 0.25) is 0 Å². The van der Waals surface area contributed by atoms with Gasteiger partial charge in [-0.1, -0.05) is 20.8 Å². The molecular formula is C10H16N2O2. The van der Waals surface area contributed by atoms with Crippen molar-refractivity contribution >= 4 is 5.97 Å². The van der Waals surface area contributed by atoms with E-state index in [0.717, 1.165) is 11.5 Å². The van der Waals surface area contributed by atoms with Gasteiger partial charge >= 0.3 is 5.97 Å². The first-order chi connectivity index (χ1) is 6.25. The third kappa shape index (κ3) is 1.64. The highest BCUT2D eigenvalue weighted by atomic mass is 16.4. The Kier molecular flexibility index (Phi) is 2.39. The van der Waals surface area contributed by atoms with Crippen LogP contribution in [0.2, 0.25) is 0 Å². The molecule has 0 bridgehead atoms. The number of aromatic carboxylic acids is 1. The fourth-order valence-corrected chi connectivity index (χ4v) is 1.62. The second-order valence-corrected chi connectivity index (χ2v) is 4.47. The van der Waals surface area contributed by atoms with Gasteiger partial charge in [0.25, 0.3) is 0 Å². The smallest absolute Gasteiger partial charge is 0.356 e. The van der Waals surface area contributed by atoms with E-state index in [1.165, 1.54) is 0 Å². The van der Waals surface area contributed by atoms with E-state index >= 15 is 0 Å². The molecule has 0 amide bonds. The average Bonchev–Trinajstić information content (AvgIpc) is 2.27. The zero-order valence-corrected chi connectivity index (χ0v) is 9.25. The summed E-state index contributed by atoms with van der Waals surface area (Å²) in [7, 11) is 1.84. The molecule has 1 aromatic rings. The lowest BCUT2D eigenvalue weighted by Gasteiger charge is -2.20. The van der Waals surface area contributed by atoms with Crippen LogP contribution in [0.4, 0.5) is 0 Å². The number of aromatic nitrogens is 2. The minimum absolute atomic E-state index is 0.164. The summed E-state index contributed by atoms with van der Waals surface area (Å²) in [6.45, 7) is 7.75. The molecule has 0 spiro atoms. The molecule has 0 radical (unpaired) electrons. The Bertz CT molecular complexity index is 372. The molecule has 0 aliphatic carbocycles. The lowest BCUT2D eigenvalue weighted by molar-refractivity contribution is 0.0687. The number of rotatable bonds is 1. The van der Waals surface area contributed by atoms with Crippen LogP contribution < -0.4 is 0 Å². The van der Waals surface area contributed by atoms with Crippen molar-refractivity contribution in [3.63, 3.8) is 0 Å². The highest BCUT2D eigenvalue weighted by molar-refractivity contribution is 5.87. The first-order valence-electron chi connectivity index (χ1n) is 4.52. The molecule has 1 aromatic heterocycles. The van der Waals surface area contributed by atoms with E-state index < -0.39 is 5.97 Å². The SMILES string of the molecule is Cc1nc(C(=O)O)c(C(C)(C)C)n1C. The molecule has 0 aliphatic rings. The van der Waals surface area contributed by atoms with E-state index in [1.54, 1.807) is 0 Å². The molecule has 1 N–H and O–H groups in total. The first kappa shape index (κ1) is 10.8. The molecule has 4 nitrogen and oxygen atoms in total. The molecule has 1 heterocycles. The van der Waals surface area contributed by atoms with Crippen LogP contribution in [-0.4, -0.2) is 20.6 Å². The van der Waals surface area contributed by atoms with Crippen LogP contribution in [-0.2, 0) is 12.5 Å². The normalized spacial score (nSPS) is 11.8. The zero-order valence-electron chi connectivity index (χ0n) is 9.25. The third-order valence-corrected chi connectivity index (χ3v) is 2.23. The van der Waals surface area contributed by atoms with Crippen molar-refractivity contribution in [2.45, 2.75) is 33.1 Å². The van der Waals surface area contributed by atoms with Crippen LogP contribution in [0.25, 0.3) is 0 Å². The molecule has 0 atom stereocenters. The molecule has 0 saturated heterocycles. The predicted molar refractivity (Wildman–Crippen MR) is 53.6 cm³/mol. The maximum atomic E-state index is 11.0. The van der Waals surface area contributed by atoms with Gasteiger partial charge in [-0.2, -0.15) is 0 Å². The second-order valence-electron chi connectivity index (χ2n) is 4.47. The minimum atomic E-state index is -0.960. The zero-order chi connectivity index (χ0) is 11.1. The van der Waals surface area contributed by atoms with E-state index in [-0.39, 0.29) is 11.1 Å². The van der Waals surface area contributed by atoms with Crippen LogP contribution >= 0.6 is 0 Å². The van der Waals surface area contributed by atoms with E-state index in [9.17, 15) is 4.79 Å². The predicted octanol–water partition coefficient (Wildman–Crippen LogP) is 1.72. The van der Waals surface area contributed by atoms with Crippen molar-refractivity contribution in [2.24, 2.45) is 7.05 Å². The summed E-state index contributed by atoms with van der Waals surface area (Å²) in [5.74, 6) is -0.231. The van der Waals surface area contributed by atoms with Crippen LogP contribution in [0.15, 0.2) is 0 Å². The largest absolute Gasteiger partial charge is 0.476 e. The molecule has 0 unspecified atom stereocenters. The van der Waals surface area contributed by atoms with E-state index in [4.69, 9.17) is 5.11 Å². The molecule has 1 rings (SSSR count). The summed E-state index contributed by atoms with van der Waals surface area (Å²) < 4.78 is 1.84. The van der Waals surface area contributed by atoms with Crippen LogP contribution in [0.1, 0.15) is 42.8 Å². The number of nitrogens with zero attached hydrogens (tertiary/aromatic N) is 2. The second kappa shape index (κ2) is 3.12. The van der Waals surface area contributed by atoms with Crippen LogP contribution in [0, 0.1) is 6.92 Å². The van der Waals surface area contributed by atoms with Gasteiger partial charge in [-0.15, -0.1) is 0 Å². The van der Waals surface area contributed by atoms with Crippen LogP contribution in [0.5, 0.6) is 0 Å². The van der Waals surface area contributed by atoms with Crippen molar-refractivity contribution in [3.05, 3.63) is 17.2 Å². The average molecular weight is 196 g/mol. The van der Waals surface area contributed by atoms with Crippen LogP contribution in [0.3, 0.4) is 0 Å². The maximum Gasteiger partial charge on any atom is 0.356 e. The summed E-state index contributed by atoms with van der Waals surface area (Å²) in [6, 6.07) is 0. The molecule has 0 fully saturated rings. The van der Waals surface area contributed by atoms with E-state index in [2.05, 4.69) is 4.98 Å². The number of carboxylic acids is 1. The van der Waals surface area contributed by atoms with Crippen molar-refractivity contribution in [2.75, 3.05) is 0 Å². The van der Waals surface area contributed by atoms with Gasteiger partial charge in [0.15, 0.2) is 5.69 Å². The Morgan fingerprint density at radius 3 is 2.21 bits per heavy atom. The lowest BCUT2D eigenvalue weighted by Crippen LogP contribution is -2.20. The molecule has 78 valence electrons. The number of imidazole rings is 1. The fourth-order valence-electron chi connectivity index (χ4n) is 1.62. The number of carboxylic acid groups (broad SMARTS) is 1. The number of carbonyl (C=O) groups is 1. The minimum Gasteiger partial charge on any atom is -0.476 e. The Labute approximate surface area is 83.6 Å². The number of aryl methyl sites for hydroxylation is 1. The number of hydrogen-bond donors (Lipinski definition) is 1. The Balaban J connectivity index is 3.46. The van der Waals surface area contributed by atoms with Gasteiger partial charge in [-0.3, -0.25) is 0 Å². The lowest BCUT2D eigenvalue weighted by atomic mass is 9.90. The van der Waals surface area contributed by atoms with Crippen molar-refractivity contribution < 1.29 is 9.90 Å². The Hall–Kier alpha value is -1.32. The van der Waals surface area contributed by atoms with E-state index in [1.807, 2.05) is 39.3 Å². The molecule has 4 heteroatoms. The summed E-state index contributed by atoms with van der Waals surface area (Å²) in [5, 5.41) is 8.99. The monoisotopic (exact) mass is 196 g/mol. The third-order valence-electron chi connectivity index (χ3n) is 2.23. The summed E-state index contributed by atoms with van der Waals surface area (Å²) in [6.07, 6.45) is 0.